The van der Waals surface area contributed by atoms with Gasteiger partial charge in [-0.1, -0.05) is 26.1 Å². The Labute approximate surface area is 115 Å². The molecule has 0 saturated carbocycles. The van der Waals surface area contributed by atoms with Gasteiger partial charge in [-0.3, -0.25) is 0 Å². The molecule has 0 saturated heterocycles. The van der Waals surface area contributed by atoms with Crippen LogP contribution in [0.2, 0.25) is 0 Å². The summed E-state index contributed by atoms with van der Waals surface area (Å²) in [6, 6.07) is 2.24. The lowest BCUT2D eigenvalue weighted by Crippen LogP contribution is -2.19. The standard InChI is InChI=1S/C13H15F2N3S/c1-7(2)3-13-17-10-4-8(14)9(15)5-11(10)18(13)6-12(16)19/h4-5,7H,3,6H2,1-2H3,(H2,16,19). The van der Waals surface area contributed by atoms with Crippen LogP contribution in [0.15, 0.2) is 12.1 Å². The zero-order chi connectivity index (χ0) is 14.2. The zero-order valence-corrected chi connectivity index (χ0v) is 11.6. The van der Waals surface area contributed by atoms with E-state index in [9.17, 15) is 8.78 Å². The van der Waals surface area contributed by atoms with E-state index < -0.39 is 11.6 Å². The Morgan fingerprint density at radius 2 is 2.00 bits per heavy atom. The predicted molar refractivity (Wildman–Crippen MR) is 75.0 cm³/mol. The van der Waals surface area contributed by atoms with Gasteiger partial charge in [0.05, 0.1) is 22.6 Å². The van der Waals surface area contributed by atoms with E-state index in [4.69, 9.17) is 18.0 Å². The predicted octanol–water partition coefficient (Wildman–Crippen LogP) is 2.80. The van der Waals surface area contributed by atoms with Crippen LogP contribution >= 0.6 is 12.2 Å². The van der Waals surface area contributed by atoms with E-state index in [1.54, 1.807) is 4.57 Å². The third-order valence-electron chi connectivity index (χ3n) is 2.77. The van der Waals surface area contributed by atoms with Crippen LogP contribution in [0.3, 0.4) is 0 Å². The summed E-state index contributed by atoms with van der Waals surface area (Å²) in [5.74, 6) is -0.685. The summed E-state index contributed by atoms with van der Waals surface area (Å²) in [5, 5.41) is 0. The molecule has 3 nitrogen and oxygen atoms in total. The monoisotopic (exact) mass is 283 g/mol. The number of nitrogens with two attached hydrogens (primary N) is 1. The van der Waals surface area contributed by atoms with Crippen LogP contribution in [0.1, 0.15) is 19.7 Å². The first-order chi connectivity index (χ1) is 8.88. The number of halogens is 2. The molecular formula is C13H15F2N3S. The molecule has 0 atom stereocenters. The molecule has 0 aliphatic rings. The van der Waals surface area contributed by atoms with Gasteiger partial charge >= 0.3 is 0 Å². The van der Waals surface area contributed by atoms with Crippen molar-refractivity contribution in [3.8, 4) is 0 Å². The number of nitrogens with zero attached hydrogens (tertiary/aromatic N) is 2. The van der Waals surface area contributed by atoms with Gasteiger partial charge in [-0.25, -0.2) is 13.8 Å². The highest BCUT2D eigenvalue weighted by Crippen LogP contribution is 2.21. The second-order valence-corrected chi connectivity index (χ2v) is 5.46. The lowest BCUT2D eigenvalue weighted by Gasteiger charge is -2.09. The molecule has 2 aromatic rings. The molecule has 0 amide bonds. The topological polar surface area (TPSA) is 43.8 Å². The first-order valence-corrected chi connectivity index (χ1v) is 6.41. The third kappa shape index (κ3) is 2.89. The highest BCUT2D eigenvalue weighted by Gasteiger charge is 2.15. The molecule has 19 heavy (non-hydrogen) atoms. The van der Waals surface area contributed by atoms with Gasteiger partial charge < -0.3 is 10.3 Å². The normalized spacial score (nSPS) is 11.4. The summed E-state index contributed by atoms with van der Waals surface area (Å²) in [4.78, 5) is 4.64. The highest BCUT2D eigenvalue weighted by molar-refractivity contribution is 7.80. The maximum atomic E-state index is 13.4. The zero-order valence-electron chi connectivity index (χ0n) is 10.8. The molecule has 0 aliphatic heterocycles. The minimum atomic E-state index is -0.899. The number of hydrogen-bond donors (Lipinski definition) is 1. The van der Waals surface area contributed by atoms with Crippen LogP contribution in [0, 0.1) is 17.6 Å². The highest BCUT2D eigenvalue weighted by atomic mass is 32.1. The van der Waals surface area contributed by atoms with Gasteiger partial charge in [0.15, 0.2) is 11.6 Å². The van der Waals surface area contributed by atoms with Gasteiger partial charge in [0.25, 0.3) is 0 Å². The van der Waals surface area contributed by atoms with Crippen LogP contribution in [0.25, 0.3) is 11.0 Å². The average Bonchev–Trinajstić information content (AvgIpc) is 2.56. The van der Waals surface area contributed by atoms with E-state index >= 15 is 0 Å². The smallest absolute Gasteiger partial charge is 0.161 e. The molecule has 1 heterocycles. The van der Waals surface area contributed by atoms with Crippen molar-refractivity contribution in [3.05, 3.63) is 29.6 Å². The Hall–Kier alpha value is -1.56. The lowest BCUT2D eigenvalue weighted by atomic mass is 10.1. The first-order valence-electron chi connectivity index (χ1n) is 6.01. The van der Waals surface area contributed by atoms with Crippen LogP contribution in [0.5, 0.6) is 0 Å². The number of hydrogen-bond acceptors (Lipinski definition) is 2. The number of imidazole rings is 1. The van der Waals surface area contributed by atoms with E-state index in [1.807, 2.05) is 13.8 Å². The molecular weight excluding hydrogens is 268 g/mol. The maximum Gasteiger partial charge on any atom is 0.161 e. The molecule has 0 radical (unpaired) electrons. The number of thiocarbonyl (C=S) groups is 1. The van der Waals surface area contributed by atoms with E-state index in [-0.39, 0.29) is 11.5 Å². The van der Waals surface area contributed by atoms with Crippen LogP contribution < -0.4 is 5.73 Å². The van der Waals surface area contributed by atoms with Crippen molar-refractivity contribution in [2.24, 2.45) is 11.7 Å². The van der Waals surface area contributed by atoms with Gasteiger partial charge in [-0.05, 0) is 5.92 Å². The molecule has 2 rings (SSSR count). The average molecular weight is 283 g/mol. The molecule has 2 N–H and O–H groups in total. The van der Waals surface area contributed by atoms with Crippen molar-refractivity contribution in [2.45, 2.75) is 26.8 Å². The summed E-state index contributed by atoms with van der Waals surface area (Å²) in [5.41, 5.74) is 6.50. The van der Waals surface area contributed by atoms with Crippen molar-refractivity contribution in [3.63, 3.8) is 0 Å². The fraction of sp³-hybridized carbons (Fsp3) is 0.385. The minimum absolute atomic E-state index is 0.277. The molecule has 0 spiro atoms. The van der Waals surface area contributed by atoms with E-state index in [0.29, 0.717) is 23.4 Å². The number of fused-ring (bicyclic) bond motifs is 1. The second-order valence-electron chi connectivity index (χ2n) is 4.93. The number of aromatic nitrogens is 2. The lowest BCUT2D eigenvalue weighted by molar-refractivity contribution is 0.510. The Morgan fingerprint density at radius 3 is 2.58 bits per heavy atom. The van der Waals surface area contributed by atoms with E-state index in [2.05, 4.69) is 4.98 Å². The van der Waals surface area contributed by atoms with Gasteiger partial charge in [0.2, 0.25) is 0 Å². The van der Waals surface area contributed by atoms with Crippen molar-refractivity contribution >= 4 is 28.2 Å². The summed E-state index contributed by atoms with van der Waals surface area (Å²) in [6.07, 6.45) is 0.695. The Bertz CT molecular complexity index is 634. The Morgan fingerprint density at radius 1 is 1.37 bits per heavy atom. The van der Waals surface area contributed by atoms with Crippen molar-refractivity contribution < 1.29 is 8.78 Å². The van der Waals surface area contributed by atoms with Gasteiger partial charge in [-0.15, -0.1) is 0 Å². The fourth-order valence-electron chi connectivity index (χ4n) is 2.02. The third-order valence-corrected chi connectivity index (χ3v) is 2.90. The number of rotatable bonds is 4. The maximum absolute atomic E-state index is 13.4. The van der Waals surface area contributed by atoms with Gasteiger partial charge in [0, 0.05) is 18.6 Å². The van der Waals surface area contributed by atoms with Crippen LogP contribution in [0.4, 0.5) is 8.78 Å². The molecule has 1 aromatic carbocycles. The molecule has 6 heteroatoms. The van der Waals surface area contributed by atoms with Crippen LogP contribution in [-0.2, 0) is 13.0 Å². The molecule has 0 aliphatic carbocycles. The molecule has 1 aromatic heterocycles. The quantitative estimate of drug-likeness (QED) is 0.878. The Kier molecular flexibility index (Phi) is 3.80. The summed E-state index contributed by atoms with van der Waals surface area (Å²) in [7, 11) is 0. The van der Waals surface area contributed by atoms with Gasteiger partial charge in [0.1, 0.15) is 5.82 Å². The summed E-state index contributed by atoms with van der Waals surface area (Å²) < 4.78 is 28.3. The second kappa shape index (κ2) is 5.21. The fourth-order valence-corrected chi connectivity index (χ4v) is 2.15. The minimum Gasteiger partial charge on any atom is -0.392 e. The summed E-state index contributed by atoms with van der Waals surface area (Å²) >= 11 is 4.90. The molecule has 0 unspecified atom stereocenters. The molecule has 102 valence electrons. The van der Waals surface area contributed by atoms with Crippen molar-refractivity contribution in [1.82, 2.24) is 9.55 Å². The van der Waals surface area contributed by atoms with E-state index in [1.165, 1.54) is 0 Å². The molecule has 0 bridgehead atoms. The first kappa shape index (κ1) is 13.9. The van der Waals surface area contributed by atoms with Crippen LogP contribution in [-0.4, -0.2) is 14.5 Å². The van der Waals surface area contributed by atoms with Crippen molar-refractivity contribution in [2.75, 3.05) is 0 Å². The summed E-state index contributed by atoms with van der Waals surface area (Å²) in [6.45, 7) is 4.37. The Balaban J connectivity index is 2.62. The number of benzene rings is 1. The van der Waals surface area contributed by atoms with Crippen molar-refractivity contribution in [1.29, 1.82) is 0 Å². The SMILES string of the molecule is CC(C)Cc1nc2cc(F)c(F)cc2n1CC(N)=S. The largest absolute Gasteiger partial charge is 0.392 e. The van der Waals surface area contributed by atoms with Gasteiger partial charge in [-0.2, -0.15) is 0 Å². The molecule has 0 fully saturated rings. The van der Waals surface area contributed by atoms with E-state index in [0.717, 1.165) is 18.0 Å².